The molecule has 0 radical (unpaired) electrons. The van der Waals surface area contributed by atoms with Gasteiger partial charge in [-0.25, -0.2) is 4.39 Å². The van der Waals surface area contributed by atoms with Gasteiger partial charge in [0.15, 0.2) is 0 Å². The largest absolute Gasteiger partial charge is 0.497 e. The molecule has 2 aromatic carbocycles. The molecule has 2 aromatic rings. The van der Waals surface area contributed by atoms with Gasteiger partial charge in [0.05, 0.1) is 7.11 Å². The molecule has 5 nitrogen and oxygen atoms in total. The normalized spacial score (nSPS) is 15.5. The molecule has 1 aliphatic carbocycles. The average Bonchev–Trinajstić information content (AvgIpc) is 3.08. The van der Waals surface area contributed by atoms with E-state index in [9.17, 15) is 14.0 Å². The van der Waals surface area contributed by atoms with E-state index in [0.29, 0.717) is 11.3 Å². The van der Waals surface area contributed by atoms with Gasteiger partial charge in [-0.3, -0.25) is 9.59 Å². The Morgan fingerprint density at radius 3 is 2.25 bits per heavy atom. The standard InChI is InChI=1S/C25H30ClFN2O3/c1-32-22-14-8-18(9-15-22)17-29(23(30)16-26)24(19-10-12-20(27)13-11-19)25(31)28-21-6-4-2-3-5-7-21/h8-15,21,24H,2-7,16-17H2,1H3,(H,28,31)/t24-/m0/s1. The molecule has 1 aliphatic rings. The summed E-state index contributed by atoms with van der Waals surface area (Å²) < 4.78 is 18.8. The number of methoxy groups -OCH3 is 1. The Kier molecular flexibility index (Phi) is 8.91. The van der Waals surface area contributed by atoms with E-state index in [1.54, 1.807) is 31.4 Å². The van der Waals surface area contributed by atoms with Crippen molar-refractivity contribution in [3.63, 3.8) is 0 Å². The van der Waals surface area contributed by atoms with Gasteiger partial charge >= 0.3 is 0 Å². The van der Waals surface area contributed by atoms with Gasteiger partial charge in [0.25, 0.3) is 0 Å². The number of carbonyl (C=O) groups is 2. The third kappa shape index (κ3) is 6.45. The minimum atomic E-state index is -0.910. The highest BCUT2D eigenvalue weighted by Gasteiger charge is 2.32. The summed E-state index contributed by atoms with van der Waals surface area (Å²) in [7, 11) is 1.58. The number of rotatable bonds is 8. The Labute approximate surface area is 193 Å². The minimum absolute atomic E-state index is 0.0712. The van der Waals surface area contributed by atoms with Gasteiger partial charge in [0.1, 0.15) is 23.5 Å². The van der Waals surface area contributed by atoms with Crippen molar-refractivity contribution in [1.82, 2.24) is 10.2 Å². The fourth-order valence-electron chi connectivity index (χ4n) is 4.15. The molecular formula is C25H30ClFN2O3. The number of hydrogen-bond donors (Lipinski definition) is 1. The topological polar surface area (TPSA) is 58.6 Å². The quantitative estimate of drug-likeness (QED) is 0.446. The van der Waals surface area contributed by atoms with Gasteiger partial charge < -0.3 is 15.0 Å². The average molecular weight is 461 g/mol. The van der Waals surface area contributed by atoms with Crippen LogP contribution in [-0.4, -0.2) is 35.7 Å². The number of carbonyl (C=O) groups excluding carboxylic acids is 2. The molecule has 1 saturated carbocycles. The smallest absolute Gasteiger partial charge is 0.247 e. The van der Waals surface area contributed by atoms with Crippen molar-refractivity contribution >= 4 is 23.4 Å². The van der Waals surface area contributed by atoms with Gasteiger partial charge in [-0.2, -0.15) is 0 Å². The Hall–Kier alpha value is -2.60. The molecule has 0 unspecified atom stereocenters. The van der Waals surface area contributed by atoms with E-state index in [4.69, 9.17) is 16.3 Å². The van der Waals surface area contributed by atoms with Gasteiger partial charge in [0, 0.05) is 12.6 Å². The number of hydrogen-bond acceptors (Lipinski definition) is 3. The molecule has 1 atom stereocenters. The summed E-state index contributed by atoms with van der Waals surface area (Å²) >= 11 is 5.93. The lowest BCUT2D eigenvalue weighted by molar-refractivity contribution is -0.140. The third-order valence-electron chi connectivity index (χ3n) is 5.89. The zero-order chi connectivity index (χ0) is 22.9. The van der Waals surface area contributed by atoms with Crippen LogP contribution in [0.4, 0.5) is 4.39 Å². The van der Waals surface area contributed by atoms with Crippen LogP contribution in [0.5, 0.6) is 5.75 Å². The van der Waals surface area contributed by atoms with Gasteiger partial charge in [-0.1, -0.05) is 49.9 Å². The molecule has 172 valence electrons. The third-order valence-corrected chi connectivity index (χ3v) is 6.12. The molecule has 32 heavy (non-hydrogen) atoms. The molecule has 0 aromatic heterocycles. The van der Waals surface area contributed by atoms with E-state index in [-0.39, 0.29) is 30.3 Å². The van der Waals surface area contributed by atoms with Gasteiger partial charge in [-0.05, 0) is 48.2 Å². The van der Waals surface area contributed by atoms with E-state index in [1.165, 1.54) is 29.9 Å². The van der Waals surface area contributed by atoms with Crippen molar-refractivity contribution in [3.05, 3.63) is 65.5 Å². The highest BCUT2D eigenvalue weighted by molar-refractivity contribution is 6.27. The van der Waals surface area contributed by atoms with Crippen LogP contribution in [0.25, 0.3) is 0 Å². The van der Waals surface area contributed by atoms with E-state index in [1.807, 2.05) is 12.1 Å². The monoisotopic (exact) mass is 460 g/mol. The van der Waals surface area contributed by atoms with Crippen molar-refractivity contribution in [1.29, 1.82) is 0 Å². The number of halogens is 2. The first kappa shape index (κ1) is 24.1. The summed E-state index contributed by atoms with van der Waals surface area (Å²) in [5.74, 6) is -0.597. The maximum atomic E-state index is 13.6. The number of amides is 2. The van der Waals surface area contributed by atoms with Crippen LogP contribution in [0, 0.1) is 5.82 Å². The highest BCUT2D eigenvalue weighted by atomic mass is 35.5. The second kappa shape index (κ2) is 11.9. The SMILES string of the molecule is COc1ccc(CN(C(=O)CCl)[C@H](C(=O)NC2CCCCCC2)c2ccc(F)cc2)cc1. The lowest BCUT2D eigenvalue weighted by atomic mass is 10.0. The number of ether oxygens (including phenoxy) is 1. The summed E-state index contributed by atoms with van der Waals surface area (Å²) in [6, 6.07) is 12.2. The molecule has 0 bridgehead atoms. The molecule has 2 amide bonds. The first-order valence-corrected chi connectivity index (χ1v) is 11.6. The molecule has 0 saturated heterocycles. The Morgan fingerprint density at radius 1 is 1.06 bits per heavy atom. The highest BCUT2D eigenvalue weighted by Crippen LogP contribution is 2.27. The lowest BCUT2D eigenvalue weighted by Crippen LogP contribution is -2.46. The molecule has 1 N–H and O–H groups in total. The molecular weight excluding hydrogens is 431 g/mol. The second-order valence-electron chi connectivity index (χ2n) is 8.15. The number of nitrogens with zero attached hydrogens (tertiary/aromatic N) is 1. The van der Waals surface area contributed by atoms with E-state index in [2.05, 4.69) is 5.32 Å². The van der Waals surface area contributed by atoms with Crippen LogP contribution < -0.4 is 10.1 Å². The maximum absolute atomic E-state index is 13.6. The predicted molar refractivity (Wildman–Crippen MR) is 123 cm³/mol. The summed E-state index contributed by atoms with van der Waals surface area (Å²) in [6.45, 7) is 0.190. The van der Waals surface area contributed by atoms with Crippen LogP contribution in [0.2, 0.25) is 0 Å². The van der Waals surface area contributed by atoms with Crippen LogP contribution in [0.1, 0.15) is 55.7 Å². The Balaban J connectivity index is 1.91. The van der Waals surface area contributed by atoms with Crippen molar-refractivity contribution in [2.24, 2.45) is 0 Å². The first-order chi connectivity index (χ1) is 15.5. The van der Waals surface area contributed by atoms with E-state index >= 15 is 0 Å². The summed E-state index contributed by atoms with van der Waals surface area (Å²) in [4.78, 5) is 27.9. The number of benzene rings is 2. The van der Waals surface area contributed by atoms with Crippen molar-refractivity contribution in [2.45, 2.75) is 57.2 Å². The van der Waals surface area contributed by atoms with Crippen molar-refractivity contribution in [2.75, 3.05) is 13.0 Å². The van der Waals surface area contributed by atoms with Crippen LogP contribution in [0.15, 0.2) is 48.5 Å². The first-order valence-electron chi connectivity index (χ1n) is 11.1. The van der Waals surface area contributed by atoms with E-state index in [0.717, 1.165) is 31.2 Å². The Bertz CT molecular complexity index is 881. The Morgan fingerprint density at radius 2 is 1.69 bits per heavy atom. The summed E-state index contributed by atoms with van der Waals surface area (Å²) in [5.41, 5.74) is 1.38. The lowest BCUT2D eigenvalue weighted by Gasteiger charge is -2.32. The number of alkyl halides is 1. The molecule has 7 heteroatoms. The fraction of sp³-hybridized carbons (Fsp3) is 0.440. The second-order valence-corrected chi connectivity index (χ2v) is 8.42. The zero-order valence-electron chi connectivity index (χ0n) is 18.4. The molecule has 1 fully saturated rings. The van der Waals surface area contributed by atoms with E-state index < -0.39 is 11.9 Å². The predicted octanol–water partition coefficient (Wildman–Crippen LogP) is 4.98. The molecule has 0 heterocycles. The van der Waals surface area contributed by atoms with Gasteiger partial charge in [-0.15, -0.1) is 11.6 Å². The minimum Gasteiger partial charge on any atom is -0.497 e. The number of nitrogens with one attached hydrogen (secondary N) is 1. The van der Waals surface area contributed by atoms with Crippen molar-refractivity contribution in [3.8, 4) is 5.75 Å². The van der Waals surface area contributed by atoms with Crippen LogP contribution in [-0.2, 0) is 16.1 Å². The van der Waals surface area contributed by atoms with Crippen LogP contribution in [0.3, 0.4) is 0 Å². The molecule has 0 spiro atoms. The van der Waals surface area contributed by atoms with Gasteiger partial charge in [0.2, 0.25) is 11.8 Å². The summed E-state index contributed by atoms with van der Waals surface area (Å²) in [6.07, 6.45) is 6.32. The fourth-order valence-corrected chi connectivity index (χ4v) is 4.30. The summed E-state index contributed by atoms with van der Waals surface area (Å²) in [5, 5.41) is 3.15. The molecule has 3 rings (SSSR count). The zero-order valence-corrected chi connectivity index (χ0v) is 19.1. The van der Waals surface area contributed by atoms with Crippen molar-refractivity contribution < 1.29 is 18.7 Å². The van der Waals surface area contributed by atoms with Crippen LogP contribution >= 0.6 is 11.6 Å². The molecule has 0 aliphatic heterocycles. The maximum Gasteiger partial charge on any atom is 0.247 e.